The van der Waals surface area contributed by atoms with Crippen LogP contribution in [0.4, 0.5) is 11.4 Å². The highest BCUT2D eigenvalue weighted by molar-refractivity contribution is 8.05. The van der Waals surface area contributed by atoms with Crippen molar-refractivity contribution in [2.24, 2.45) is 0 Å². The number of nitriles is 1. The summed E-state index contributed by atoms with van der Waals surface area (Å²) in [6, 6.07) is 26.4. The number of benzene rings is 3. The maximum atomic E-state index is 13.8. The van der Waals surface area contributed by atoms with Crippen LogP contribution in [-0.4, -0.2) is 60.7 Å². The molecule has 42 heavy (non-hydrogen) atoms. The van der Waals surface area contributed by atoms with Gasteiger partial charge in [-0.3, -0.25) is 14.5 Å². The van der Waals surface area contributed by atoms with Crippen molar-refractivity contribution in [1.29, 1.82) is 5.26 Å². The topological polar surface area (TPSA) is 93.9 Å². The van der Waals surface area contributed by atoms with E-state index in [1.807, 2.05) is 30.3 Å². The van der Waals surface area contributed by atoms with Gasteiger partial charge in [0, 0.05) is 37.6 Å². The lowest BCUT2D eigenvalue weighted by atomic mass is 10.1. The molecule has 2 saturated heterocycles. The first-order valence-corrected chi connectivity index (χ1v) is 14.8. The van der Waals surface area contributed by atoms with E-state index in [0.717, 1.165) is 11.3 Å². The molecule has 214 valence electrons. The van der Waals surface area contributed by atoms with E-state index in [1.54, 1.807) is 48.2 Å². The number of thioether (sulfide) groups is 1. The average molecular weight is 581 g/mol. The molecule has 2 aliphatic rings. The maximum absolute atomic E-state index is 13.8. The highest BCUT2D eigenvalue weighted by atomic mass is 32.2. The SMILES string of the molecule is CCOC(=O)c1ccc(CC2SC(=C(C#N)C(=O)N3CCN(c4ccccc4C)CC3)N(c3ccccc3)C2=O)cc1. The lowest BCUT2D eigenvalue weighted by Crippen LogP contribution is -2.49. The van der Waals surface area contributed by atoms with Crippen molar-refractivity contribution in [3.63, 3.8) is 0 Å². The number of esters is 1. The molecule has 0 saturated carbocycles. The Morgan fingerprint density at radius 3 is 2.26 bits per heavy atom. The lowest BCUT2D eigenvalue weighted by Gasteiger charge is -2.37. The molecule has 9 heteroatoms. The molecule has 2 amide bonds. The summed E-state index contributed by atoms with van der Waals surface area (Å²) in [5.41, 5.74) is 4.21. The summed E-state index contributed by atoms with van der Waals surface area (Å²) in [4.78, 5) is 45.1. The van der Waals surface area contributed by atoms with Crippen molar-refractivity contribution >= 4 is 40.9 Å². The molecule has 2 heterocycles. The van der Waals surface area contributed by atoms with Crippen LogP contribution >= 0.6 is 11.8 Å². The van der Waals surface area contributed by atoms with Crippen LogP contribution in [0, 0.1) is 18.3 Å². The van der Waals surface area contributed by atoms with Gasteiger partial charge in [-0.25, -0.2) is 4.79 Å². The van der Waals surface area contributed by atoms with Gasteiger partial charge in [0.2, 0.25) is 5.91 Å². The second-order valence-electron chi connectivity index (χ2n) is 10.1. The Morgan fingerprint density at radius 2 is 1.62 bits per heavy atom. The van der Waals surface area contributed by atoms with Crippen LogP contribution in [0.5, 0.6) is 0 Å². The zero-order valence-corrected chi connectivity index (χ0v) is 24.5. The van der Waals surface area contributed by atoms with Gasteiger partial charge in [-0.2, -0.15) is 5.26 Å². The molecule has 1 unspecified atom stereocenters. The molecule has 0 spiro atoms. The van der Waals surface area contributed by atoms with Crippen molar-refractivity contribution in [3.8, 4) is 6.07 Å². The molecular formula is C33H32N4O4S. The Hall–Kier alpha value is -4.55. The summed E-state index contributed by atoms with van der Waals surface area (Å²) in [5, 5.41) is 10.1. The van der Waals surface area contributed by atoms with Crippen molar-refractivity contribution < 1.29 is 19.1 Å². The highest BCUT2D eigenvalue weighted by Gasteiger charge is 2.41. The third-order valence-corrected chi connectivity index (χ3v) is 8.68. The zero-order valence-electron chi connectivity index (χ0n) is 23.7. The number of aryl methyl sites for hydroxylation is 1. The van der Waals surface area contributed by atoms with Gasteiger partial charge < -0.3 is 14.5 Å². The summed E-state index contributed by atoms with van der Waals surface area (Å²) in [6.07, 6.45) is 0.376. The van der Waals surface area contributed by atoms with E-state index in [1.165, 1.54) is 22.2 Å². The molecule has 8 nitrogen and oxygen atoms in total. The Bertz CT molecular complexity index is 1540. The van der Waals surface area contributed by atoms with Gasteiger partial charge >= 0.3 is 5.97 Å². The predicted octanol–water partition coefficient (Wildman–Crippen LogP) is 4.95. The first-order chi connectivity index (χ1) is 20.4. The third-order valence-electron chi connectivity index (χ3n) is 7.42. The number of hydrogen-bond donors (Lipinski definition) is 0. The van der Waals surface area contributed by atoms with Crippen LogP contribution in [0.2, 0.25) is 0 Å². The number of carbonyl (C=O) groups excluding carboxylic acids is 3. The maximum Gasteiger partial charge on any atom is 0.338 e. The molecule has 5 rings (SSSR count). The molecule has 0 bridgehead atoms. The summed E-state index contributed by atoms with van der Waals surface area (Å²) < 4.78 is 5.06. The second-order valence-corrected chi connectivity index (χ2v) is 11.3. The van der Waals surface area contributed by atoms with E-state index in [0.29, 0.717) is 55.5 Å². The molecule has 2 aliphatic heterocycles. The minimum atomic E-state index is -0.539. The van der Waals surface area contributed by atoms with E-state index in [2.05, 4.69) is 30.0 Å². The van der Waals surface area contributed by atoms with E-state index in [4.69, 9.17) is 4.74 Å². The van der Waals surface area contributed by atoms with Gasteiger partial charge in [-0.05, 0) is 61.7 Å². The van der Waals surface area contributed by atoms with Gasteiger partial charge in [-0.1, -0.05) is 60.3 Å². The fourth-order valence-electron chi connectivity index (χ4n) is 5.22. The van der Waals surface area contributed by atoms with Crippen LogP contribution in [0.1, 0.15) is 28.4 Å². The number of carbonyl (C=O) groups is 3. The molecule has 0 aliphatic carbocycles. The van der Waals surface area contributed by atoms with Gasteiger partial charge in [0.15, 0.2) is 0 Å². The van der Waals surface area contributed by atoms with Gasteiger partial charge in [0.25, 0.3) is 5.91 Å². The fraction of sp³-hybridized carbons (Fsp3) is 0.273. The van der Waals surface area contributed by atoms with Gasteiger partial charge in [0.1, 0.15) is 16.7 Å². The first kappa shape index (κ1) is 29.0. The smallest absolute Gasteiger partial charge is 0.338 e. The quantitative estimate of drug-likeness (QED) is 0.222. The highest BCUT2D eigenvalue weighted by Crippen LogP contribution is 2.42. The third kappa shape index (κ3) is 6.04. The number of anilines is 2. The van der Waals surface area contributed by atoms with Crippen molar-refractivity contribution in [2.45, 2.75) is 25.5 Å². The molecule has 3 aromatic rings. The Kier molecular flexibility index (Phi) is 8.94. The van der Waals surface area contributed by atoms with Crippen LogP contribution in [0.3, 0.4) is 0 Å². The molecule has 1 atom stereocenters. The lowest BCUT2D eigenvalue weighted by molar-refractivity contribution is -0.127. The zero-order chi connectivity index (χ0) is 29.6. The van der Waals surface area contributed by atoms with Crippen molar-refractivity contribution in [1.82, 2.24) is 4.90 Å². The van der Waals surface area contributed by atoms with E-state index in [-0.39, 0.29) is 17.4 Å². The van der Waals surface area contributed by atoms with E-state index in [9.17, 15) is 19.6 Å². The summed E-state index contributed by atoms with van der Waals surface area (Å²) in [6.45, 7) is 6.39. The Balaban J connectivity index is 1.38. The fourth-order valence-corrected chi connectivity index (χ4v) is 6.53. The number of ether oxygens (including phenoxy) is 1. The number of rotatable bonds is 7. The molecule has 3 aromatic carbocycles. The van der Waals surface area contributed by atoms with Gasteiger partial charge in [0.05, 0.1) is 17.4 Å². The number of amides is 2. The molecular weight excluding hydrogens is 548 g/mol. The van der Waals surface area contributed by atoms with Crippen molar-refractivity contribution in [3.05, 3.63) is 106 Å². The molecule has 0 aromatic heterocycles. The van der Waals surface area contributed by atoms with Crippen LogP contribution < -0.4 is 9.80 Å². The first-order valence-electron chi connectivity index (χ1n) is 14.0. The minimum absolute atomic E-state index is 0.0262. The summed E-state index contributed by atoms with van der Waals surface area (Å²) in [5.74, 6) is -0.953. The molecule has 0 radical (unpaired) electrons. The largest absolute Gasteiger partial charge is 0.462 e. The Labute approximate surface area is 250 Å². The predicted molar refractivity (Wildman–Crippen MR) is 164 cm³/mol. The monoisotopic (exact) mass is 580 g/mol. The summed E-state index contributed by atoms with van der Waals surface area (Å²) >= 11 is 1.24. The standard InChI is InChI=1S/C33H32N4O4S/c1-3-41-33(40)25-15-13-24(14-16-25)21-29-31(39)37(26-10-5-4-6-11-26)32(42-29)27(22-34)30(38)36-19-17-35(18-20-36)28-12-8-7-9-23(28)2/h4-16,29H,3,17-21H2,1-2H3. The Morgan fingerprint density at radius 1 is 0.952 bits per heavy atom. The number of para-hydroxylation sites is 2. The minimum Gasteiger partial charge on any atom is -0.462 e. The van der Waals surface area contributed by atoms with Crippen LogP contribution in [0.25, 0.3) is 0 Å². The normalized spacial score (nSPS) is 18.1. The van der Waals surface area contributed by atoms with E-state index >= 15 is 0 Å². The van der Waals surface area contributed by atoms with Crippen LogP contribution in [-0.2, 0) is 20.7 Å². The van der Waals surface area contributed by atoms with Crippen molar-refractivity contribution in [2.75, 3.05) is 42.6 Å². The van der Waals surface area contributed by atoms with Gasteiger partial charge in [-0.15, -0.1) is 0 Å². The van der Waals surface area contributed by atoms with Crippen LogP contribution in [0.15, 0.2) is 89.5 Å². The average Bonchev–Trinajstić information content (AvgIpc) is 3.33. The summed E-state index contributed by atoms with van der Waals surface area (Å²) in [7, 11) is 0. The number of piperazine rings is 1. The number of hydrogen-bond acceptors (Lipinski definition) is 7. The number of nitrogens with zero attached hydrogens (tertiary/aromatic N) is 4. The molecule has 2 fully saturated rings. The second kappa shape index (κ2) is 13.0. The molecule has 0 N–H and O–H groups in total. The van der Waals surface area contributed by atoms with E-state index < -0.39 is 11.2 Å².